The van der Waals surface area contributed by atoms with E-state index in [1.807, 2.05) is 37.4 Å². The van der Waals surface area contributed by atoms with Crippen LogP contribution < -0.4 is 10.6 Å². The third-order valence-electron chi connectivity index (χ3n) is 1.99. The molecule has 0 aliphatic carbocycles. The Morgan fingerprint density at radius 1 is 1.47 bits per heavy atom. The molecule has 0 aromatic carbocycles. The molecule has 2 N–H and O–H groups in total. The molecular formula is C10H20N2OS2. The van der Waals surface area contributed by atoms with Crippen molar-refractivity contribution in [2.75, 3.05) is 30.3 Å². The summed E-state index contributed by atoms with van der Waals surface area (Å²) >= 11 is 4.02. The number of thioether (sulfide) groups is 2. The monoisotopic (exact) mass is 248 g/mol. The smallest absolute Gasteiger partial charge is 0.234 e. The van der Waals surface area contributed by atoms with E-state index in [9.17, 15) is 4.79 Å². The molecule has 3 nitrogen and oxygen atoms in total. The van der Waals surface area contributed by atoms with Crippen LogP contribution in [0.3, 0.4) is 0 Å². The van der Waals surface area contributed by atoms with E-state index in [1.165, 1.54) is 17.3 Å². The van der Waals surface area contributed by atoms with E-state index in [1.54, 1.807) is 0 Å². The predicted octanol–water partition coefficient (Wildman–Crippen LogP) is 0.949. The molecule has 0 saturated carbocycles. The molecule has 1 amide bonds. The van der Waals surface area contributed by atoms with Gasteiger partial charge in [-0.05, 0) is 13.8 Å². The van der Waals surface area contributed by atoms with Crippen LogP contribution in [-0.2, 0) is 4.79 Å². The molecule has 15 heavy (non-hydrogen) atoms. The van der Waals surface area contributed by atoms with Crippen molar-refractivity contribution in [3.8, 4) is 0 Å². The van der Waals surface area contributed by atoms with Crippen molar-refractivity contribution in [1.82, 2.24) is 10.6 Å². The standard InChI is InChI=1S/C10H20N2OS2/c1-8(2)12-10(13)6-11-5-9-7-14-3-4-15-9/h8-9,11H,3-7H2,1-2H3,(H,12,13). The molecule has 0 radical (unpaired) electrons. The largest absolute Gasteiger partial charge is 0.353 e. The van der Waals surface area contributed by atoms with Gasteiger partial charge in [0.1, 0.15) is 0 Å². The van der Waals surface area contributed by atoms with E-state index in [0.29, 0.717) is 11.8 Å². The Morgan fingerprint density at radius 2 is 2.27 bits per heavy atom. The van der Waals surface area contributed by atoms with Crippen molar-refractivity contribution in [1.29, 1.82) is 0 Å². The molecule has 1 aliphatic rings. The highest BCUT2D eigenvalue weighted by molar-refractivity contribution is 8.06. The second-order valence-corrected chi connectivity index (χ2v) is 6.48. The first-order valence-electron chi connectivity index (χ1n) is 5.38. The van der Waals surface area contributed by atoms with Gasteiger partial charge < -0.3 is 10.6 Å². The van der Waals surface area contributed by atoms with Crippen molar-refractivity contribution >= 4 is 29.4 Å². The lowest BCUT2D eigenvalue weighted by atomic mass is 10.4. The Kier molecular flexibility index (Phi) is 6.52. The Labute approximate surface area is 101 Å². The summed E-state index contributed by atoms with van der Waals surface area (Å²) in [5, 5.41) is 6.76. The number of carbonyl (C=O) groups is 1. The second kappa shape index (κ2) is 7.41. The van der Waals surface area contributed by atoms with Crippen LogP contribution in [0.5, 0.6) is 0 Å². The van der Waals surface area contributed by atoms with E-state index in [-0.39, 0.29) is 11.9 Å². The average Bonchev–Trinajstić information content (AvgIpc) is 2.18. The van der Waals surface area contributed by atoms with Gasteiger partial charge in [-0.1, -0.05) is 0 Å². The minimum Gasteiger partial charge on any atom is -0.353 e. The van der Waals surface area contributed by atoms with Crippen molar-refractivity contribution in [3.05, 3.63) is 0 Å². The Hall–Kier alpha value is 0.130. The zero-order valence-corrected chi connectivity index (χ0v) is 11.0. The number of amides is 1. The van der Waals surface area contributed by atoms with E-state index in [2.05, 4.69) is 10.6 Å². The third kappa shape index (κ3) is 6.33. The summed E-state index contributed by atoms with van der Waals surface area (Å²) < 4.78 is 0. The average molecular weight is 248 g/mol. The van der Waals surface area contributed by atoms with Crippen molar-refractivity contribution in [2.45, 2.75) is 25.1 Å². The third-order valence-corrected chi connectivity index (χ3v) is 4.84. The van der Waals surface area contributed by atoms with Crippen LogP contribution >= 0.6 is 23.5 Å². The molecule has 1 fully saturated rings. The molecule has 1 unspecified atom stereocenters. The fraction of sp³-hybridized carbons (Fsp3) is 0.900. The van der Waals surface area contributed by atoms with Crippen LogP contribution in [-0.4, -0.2) is 47.5 Å². The first kappa shape index (κ1) is 13.2. The summed E-state index contributed by atoms with van der Waals surface area (Å²) in [5.74, 6) is 3.83. The molecule has 88 valence electrons. The summed E-state index contributed by atoms with van der Waals surface area (Å²) in [6, 6.07) is 0.235. The van der Waals surface area contributed by atoms with Crippen LogP contribution in [0.4, 0.5) is 0 Å². The van der Waals surface area contributed by atoms with Crippen LogP contribution in [0.15, 0.2) is 0 Å². The lowest BCUT2D eigenvalue weighted by Gasteiger charge is -2.21. The summed E-state index contributed by atoms with van der Waals surface area (Å²) in [6.45, 7) is 5.35. The highest BCUT2D eigenvalue weighted by Gasteiger charge is 2.14. The summed E-state index contributed by atoms with van der Waals surface area (Å²) in [6.07, 6.45) is 0. The van der Waals surface area contributed by atoms with Gasteiger partial charge in [-0.25, -0.2) is 0 Å². The van der Waals surface area contributed by atoms with Crippen molar-refractivity contribution in [2.24, 2.45) is 0 Å². The molecule has 1 saturated heterocycles. The number of nitrogens with one attached hydrogen (secondary N) is 2. The summed E-state index contributed by atoms with van der Waals surface area (Å²) in [7, 11) is 0. The Morgan fingerprint density at radius 3 is 2.87 bits per heavy atom. The van der Waals surface area contributed by atoms with Gasteiger partial charge in [0.05, 0.1) is 6.54 Å². The Bertz CT molecular complexity index is 194. The van der Waals surface area contributed by atoms with Crippen molar-refractivity contribution < 1.29 is 4.79 Å². The summed E-state index contributed by atoms with van der Waals surface area (Å²) in [4.78, 5) is 11.3. The number of hydrogen-bond acceptors (Lipinski definition) is 4. The molecule has 0 aromatic rings. The molecule has 0 spiro atoms. The minimum absolute atomic E-state index is 0.0958. The molecule has 5 heteroatoms. The van der Waals surface area contributed by atoms with Crippen LogP contribution in [0.25, 0.3) is 0 Å². The van der Waals surface area contributed by atoms with Gasteiger partial charge >= 0.3 is 0 Å². The topological polar surface area (TPSA) is 41.1 Å². The zero-order chi connectivity index (χ0) is 11.1. The maximum Gasteiger partial charge on any atom is 0.234 e. The minimum atomic E-state index is 0.0958. The van der Waals surface area contributed by atoms with E-state index in [4.69, 9.17) is 0 Å². The van der Waals surface area contributed by atoms with Gasteiger partial charge in [0, 0.05) is 35.1 Å². The predicted molar refractivity (Wildman–Crippen MR) is 69.7 cm³/mol. The van der Waals surface area contributed by atoms with Crippen LogP contribution in [0, 0.1) is 0 Å². The fourth-order valence-electron chi connectivity index (χ4n) is 1.37. The van der Waals surface area contributed by atoms with Crippen LogP contribution in [0.2, 0.25) is 0 Å². The van der Waals surface area contributed by atoms with Gasteiger partial charge in [0.25, 0.3) is 0 Å². The quantitative estimate of drug-likeness (QED) is 0.760. The van der Waals surface area contributed by atoms with Gasteiger partial charge in [0.15, 0.2) is 0 Å². The van der Waals surface area contributed by atoms with Gasteiger partial charge in [0.2, 0.25) is 5.91 Å². The lowest BCUT2D eigenvalue weighted by Crippen LogP contribution is -2.40. The molecular weight excluding hydrogens is 228 g/mol. The molecule has 1 atom stereocenters. The second-order valence-electron chi connectivity index (χ2n) is 3.92. The van der Waals surface area contributed by atoms with E-state index >= 15 is 0 Å². The van der Waals surface area contributed by atoms with Crippen molar-refractivity contribution in [3.63, 3.8) is 0 Å². The first-order valence-corrected chi connectivity index (χ1v) is 7.58. The molecule has 0 bridgehead atoms. The number of carbonyl (C=O) groups excluding carboxylic acids is 1. The fourth-order valence-corrected chi connectivity index (χ4v) is 4.02. The highest BCUT2D eigenvalue weighted by atomic mass is 32.2. The number of rotatable bonds is 5. The Balaban J connectivity index is 2.02. The zero-order valence-electron chi connectivity index (χ0n) is 9.41. The maximum absolute atomic E-state index is 11.3. The lowest BCUT2D eigenvalue weighted by molar-refractivity contribution is -0.120. The molecule has 1 heterocycles. The maximum atomic E-state index is 11.3. The first-order chi connectivity index (χ1) is 7.18. The van der Waals surface area contributed by atoms with E-state index < -0.39 is 0 Å². The number of hydrogen-bond donors (Lipinski definition) is 2. The van der Waals surface area contributed by atoms with E-state index in [0.717, 1.165) is 6.54 Å². The SMILES string of the molecule is CC(C)NC(=O)CNCC1CSCCS1. The summed E-state index contributed by atoms with van der Waals surface area (Å²) in [5.41, 5.74) is 0. The molecule has 1 aliphatic heterocycles. The van der Waals surface area contributed by atoms with Crippen LogP contribution in [0.1, 0.15) is 13.8 Å². The van der Waals surface area contributed by atoms with Gasteiger partial charge in [-0.2, -0.15) is 23.5 Å². The highest BCUT2D eigenvalue weighted by Crippen LogP contribution is 2.22. The van der Waals surface area contributed by atoms with Gasteiger partial charge in [-0.3, -0.25) is 4.79 Å². The normalized spacial score (nSPS) is 21.7. The van der Waals surface area contributed by atoms with Gasteiger partial charge in [-0.15, -0.1) is 0 Å². The molecule has 1 rings (SSSR count). The molecule has 0 aromatic heterocycles.